The van der Waals surface area contributed by atoms with E-state index in [0.29, 0.717) is 6.54 Å². The van der Waals surface area contributed by atoms with Gasteiger partial charge in [0.1, 0.15) is 0 Å². The van der Waals surface area contributed by atoms with Crippen LogP contribution in [0.1, 0.15) is 38.5 Å². The molecule has 1 fully saturated rings. The van der Waals surface area contributed by atoms with Crippen molar-refractivity contribution in [3.05, 3.63) is 0 Å². The molecule has 5 heteroatoms. The Morgan fingerprint density at radius 1 is 1.21 bits per heavy atom. The van der Waals surface area contributed by atoms with Gasteiger partial charge in [0, 0.05) is 11.0 Å². The summed E-state index contributed by atoms with van der Waals surface area (Å²) in [6.45, 7) is 0.599. The van der Waals surface area contributed by atoms with Gasteiger partial charge in [-0.25, -0.2) is 13.1 Å². The van der Waals surface area contributed by atoms with Crippen molar-refractivity contribution < 1.29 is 8.42 Å². The van der Waals surface area contributed by atoms with Gasteiger partial charge in [0.2, 0.25) is 10.0 Å². The number of rotatable bonds is 5. The molecule has 1 aliphatic carbocycles. The summed E-state index contributed by atoms with van der Waals surface area (Å²) in [5.41, 5.74) is 0. The van der Waals surface area contributed by atoms with E-state index in [1.165, 1.54) is 6.42 Å². The molecule has 0 atom stereocenters. The quantitative estimate of drug-likeness (QED) is 0.476. The Kier molecular flexibility index (Phi) is 5.69. The Morgan fingerprint density at radius 2 is 1.86 bits per heavy atom. The maximum absolute atomic E-state index is 11.7. The van der Waals surface area contributed by atoms with Crippen molar-refractivity contribution in [2.24, 2.45) is 0 Å². The first-order valence-corrected chi connectivity index (χ1v) is 8.28. The molecule has 1 rings (SSSR count). The number of alkyl halides is 1. The molecule has 1 saturated carbocycles. The van der Waals surface area contributed by atoms with Crippen LogP contribution in [0.2, 0.25) is 0 Å². The summed E-state index contributed by atoms with van der Waals surface area (Å²) in [6, 6.07) is 0. The zero-order chi connectivity index (χ0) is 10.4. The Hall–Kier alpha value is 0.640. The molecule has 0 aromatic heterocycles. The second kappa shape index (κ2) is 6.27. The van der Waals surface area contributed by atoms with Crippen LogP contribution in [0, 0.1) is 0 Å². The van der Waals surface area contributed by atoms with Crippen molar-refractivity contribution in [2.45, 2.75) is 43.8 Å². The van der Waals surface area contributed by atoms with E-state index in [0.717, 1.165) is 36.5 Å². The van der Waals surface area contributed by atoms with Gasteiger partial charge in [-0.3, -0.25) is 0 Å². The van der Waals surface area contributed by atoms with Crippen molar-refractivity contribution in [3.8, 4) is 0 Å². The smallest absolute Gasteiger partial charge is 0.214 e. The summed E-state index contributed by atoms with van der Waals surface area (Å²) in [4.78, 5) is 0. The van der Waals surface area contributed by atoms with E-state index in [2.05, 4.69) is 27.3 Å². The van der Waals surface area contributed by atoms with Crippen LogP contribution in [-0.4, -0.2) is 24.6 Å². The highest BCUT2D eigenvalue weighted by Crippen LogP contribution is 2.22. The van der Waals surface area contributed by atoms with Crippen LogP contribution in [0.4, 0.5) is 0 Å². The van der Waals surface area contributed by atoms with Crippen molar-refractivity contribution in [3.63, 3.8) is 0 Å². The van der Waals surface area contributed by atoms with E-state index in [4.69, 9.17) is 0 Å². The van der Waals surface area contributed by atoms with E-state index in [9.17, 15) is 8.42 Å². The molecule has 0 heterocycles. The minimum absolute atomic E-state index is 0.120. The molecule has 3 nitrogen and oxygen atoms in total. The van der Waals surface area contributed by atoms with Crippen molar-refractivity contribution in [1.82, 2.24) is 4.72 Å². The van der Waals surface area contributed by atoms with Crippen LogP contribution in [0.5, 0.6) is 0 Å². The van der Waals surface area contributed by atoms with E-state index in [1.54, 1.807) is 0 Å². The van der Waals surface area contributed by atoms with Crippen LogP contribution in [0.25, 0.3) is 0 Å². The fourth-order valence-electron chi connectivity index (χ4n) is 1.77. The Balaban J connectivity index is 2.38. The molecule has 0 spiro atoms. The molecule has 1 N–H and O–H groups in total. The molecule has 0 amide bonds. The topological polar surface area (TPSA) is 46.2 Å². The monoisotopic (exact) mass is 331 g/mol. The van der Waals surface area contributed by atoms with Gasteiger partial charge in [-0.2, -0.15) is 0 Å². The first-order chi connectivity index (χ1) is 6.67. The van der Waals surface area contributed by atoms with Gasteiger partial charge in [-0.1, -0.05) is 41.9 Å². The zero-order valence-corrected chi connectivity index (χ0v) is 11.3. The molecule has 0 unspecified atom stereocenters. The van der Waals surface area contributed by atoms with Gasteiger partial charge in [-0.05, 0) is 19.3 Å². The summed E-state index contributed by atoms with van der Waals surface area (Å²) in [6.07, 6.45) is 5.95. The fraction of sp³-hybridized carbons (Fsp3) is 1.00. The van der Waals surface area contributed by atoms with Gasteiger partial charge >= 0.3 is 0 Å². The van der Waals surface area contributed by atoms with Gasteiger partial charge < -0.3 is 0 Å². The average Bonchev–Trinajstić information content (AvgIpc) is 2.19. The highest BCUT2D eigenvalue weighted by Gasteiger charge is 2.26. The Bertz CT molecular complexity index is 248. The van der Waals surface area contributed by atoms with E-state index in [-0.39, 0.29) is 5.25 Å². The molecule has 1 aliphatic rings. The largest absolute Gasteiger partial charge is 0.215 e. The maximum Gasteiger partial charge on any atom is 0.214 e. The third-order valence-electron chi connectivity index (χ3n) is 2.60. The Labute approximate surface area is 100 Å². The number of hydrogen-bond donors (Lipinski definition) is 1. The predicted molar refractivity (Wildman–Crippen MR) is 67.3 cm³/mol. The van der Waals surface area contributed by atoms with Crippen LogP contribution in [0.15, 0.2) is 0 Å². The van der Waals surface area contributed by atoms with Gasteiger partial charge in [0.15, 0.2) is 0 Å². The first-order valence-electron chi connectivity index (χ1n) is 5.21. The van der Waals surface area contributed by atoms with E-state index in [1.807, 2.05) is 0 Å². The van der Waals surface area contributed by atoms with E-state index >= 15 is 0 Å². The molecule has 84 valence electrons. The molecule has 0 aliphatic heterocycles. The lowest BCUT2D eigenvalue weighted by Crippen LogP contribution is -2.36. The zero-order valence-electron chi connectivity index (χ0n) is 8.34. The summed E-state index contributed by atoms with van der Waals surface area (Å²) in [7, 11) is -3.01. The third kappa shape index (κ3) is 4.02. The number of hydrogen-bond acceptors (Lipinski definition) is 2. The lowest BCUT2D eigenvalue weighted by Gasteiger charge is -2.21. The lowest BCUT2D eigenvalue weighted by molar-refractivity contribution is 0.477. The summed E-state index contributed by atoms with van der Waals surface area (Å²) in [5, 5.41) is -0.120. The van der Waals surface area contributed by atoms with Gasteiger partial charge in [0.05, 0.1) is 5.25 Å². The van der Waals surface area contributed by atoms with Gasteiger partial charge in [0.25, 0.3) is 0 Å². The summed E-state index contributed by atoms with van der Waals surface area (Å²) < 4.78 is 27.2. The fourth-order valence-corrected chi connectivity index (χ4v) is 3.77. The highest BCUT2D eigenvalue weighted by atomic mass is 127. The van der Waals surface area contributed by atoms with Crippen LogP contribution < -0.4 is 4.72 Å². The molecule has 0 bridgehead atoms. The molecule has 0 saturated heterocycles. The van der Waals surface area contributed by atoms with Crippen molar-refractivity contribution in [2.75, 3.05) is 11.0 Å². The molecule has 0 radical (unpaired) electrons. The molecule has 14 heavy (non-hydrogen) atoms. The van der Waals surface area contributed by atoms with Crippen molar-refractivity contribution >= 4 is 32.6 Å². The molecule has 0 aromatic carbocycles. The maximum atomic E-state index is 11.7. The second-order valence-electron chi connectivity index (χ2n) is 3.74. The standard InChI is InChI=1S/C9H18INO2S/c10-7-4-8-11-14(12,13)9-5-2-1-3-6-9/h9,11H,1-8H2. The minimum atomic E-state index is -3.01. The number of halogens is 1. The van der Waals surface area contributed by atoms with Crippen molar-refractivity contribution in [1.29, 1.82) is 0 Å². The first kappa shape index (κ1) is 12.7. The average molecular weight is 331 g/mol. The number of nitrogens with one attached hydrogen (secondary N) is 1. The molecule has 0 aromatic rings. The summed E-state index contributed by atoms with van der Waals surface area (Å²) in [5.74, 6) is 0. The van der Waals surface area contributed by atoms with Crippen LogP contribution in [0.3, 0.4) is 0 Å². The summed E-state index contributed by atoms with van der Waals surface area (Å²) >= 11 is 2.26. The predicted octanol–water partition coefficient (Wildman–Crippen LogP) is 2.06. The molecular formula is C9H18INO2S. The minimum Gasteiger partial charge on any atom is -0.215 e. The second-order valence-corrected chi connectivity index (χ2v) is 6.87. The van der Waals surface area contributed by atoms with Crippen LogP contribution in [-0.2, 0) is 10.0 Å². The SMILES string of the molecule is O=S(=O)(NCCCI)C1CCCCC1. The molecular weight excluding hydrogens is 313 g/mol. The normalized spacial score (nSPS) is 19.8. The Morgan fingerprint density at radius 3 is 2.43 bits per heavy atom. The highest BCUT2D eigenvalue weighted by molar-refractivity contribution is 14.1. The number of sulfonamides is 1. The van der Waals surface area contributed by atoms with E-state index < -0.39 is 10.0 Å². The van der Waals surface area contributed by atoms with Crippen LogP contribution >= 0.6 is 22.6 Å². The lowest BCUT2D eigenvalue weighted by atomic mass is 10.0. The third-order valence-corrected chi connectivity index (χ3v) is 5.32. The van der Waals surface area contributed by atoms with Gasteiger partial charge in [-0.15, -0.1) is 0 Å².